The van der Waals surface area contributed by atoms with E-state index < -0.39 is 10.0 Å². The van der Waals surface area contributed by atoms with E-state index in [1.165, 1.54) is 12.1 Å². The van der Waals surface area contributed by atoms with Crippen molar-refractivity contribution < 1.29 is 13.2 Å². The van der Waals surface area contributed by atoms with Crippen LogP contribution in [0.3, 0.4) is 0 Å². The molecule has 0 spiro atoms. The summed E-state index contributed by atoms with van der Waals surface area (Å²) in [5, 5.41) is 3.34. The molecule has 1 amide bonds. The lowest BCUT2D eigenvalue weighted by molar-refractivity contribution is 0.0950. The maximum Gasteiger partial charge on any atom is 0.251 e. The zero-order valence-corrected chi connectivity index (χ0v) is 15.8. The van der Waals surface area contributed by atoms with Crippen LogP contribution in [0.15, 0.2) is 53.4 Å². The zero-order chi connectivity index (χ0) is 18.6. The standard InChI is InChI=1S/C19H21ClN2O3S/c20-18-11-4-1-6-15(18)13-21-19(23)14-7-5-10-17(12-14)26(24,25)22-16-8-2-3-9-16/h1,4-7,10-12,16,22H,2-3,8-9,13H2,(H,21,23). The van der Waals surface area contributed by atoms with Crippen LogP contribution in [-0.2, 0) is 16.6 Å². The molecule has 0 atom stereocenters. The van der Waals surface area contributed by atoms with Crippen molar-refractivity contribution in [2.45, 2.75) is 43.2 Å². The Kier molecular flexibility index (Phi) is 5.96. The van der Waals surface area contributed by atoms with Gasteiger partial charge in [0.15, 0.2) is 0 Å². The lowest BCUT2D eigenvalue weighted by atomic mass is 10.2. The van der Waals surface area contributed by atoms with E-state index >= 15 is 0 Å². The molecular formula is C19H21ClN2O3S. The van der Waals surface area contributed by atoms with Crippen molar-refractivity contribution in [3.8, 4) is 0 Å². The minimum Gasteiger partial charge on any atom is -0.348 e. The number of carbonyl (C=O) groups excluding carboxylic acids is 1. The number of halogens is 1. The van der Waals surface area contributed by atoms with Gasteiger partial charge in [-0.05, 0) is 42.7 Å². The second kappa shape index (κ2) is 8.20. The zero-order valence-electron chi connectivity index (χ0n) is 14.2. The van der Waals surface area contributed by atoms with E-state index in [2.05, 4.69) is 10.0 Å². The fourth-order valence-electron chi connectivity index (χ4n) is 3.05. The van der Waals surface area contributed by atoms with Crippen LogP contribution in [0.4, 0.5) is 0 Å². The maximum absolute atomic E-state index is 12.5. The quantitative estimate of drug-likeness (QED) is 0.790. The highest BCUT2D eigenvalue weighted by Gasteiger charge is 2.23. The summed E-state index contributed by atoms with van der Waals surface area (Å²) in [4.78, 5) is 12.5. The number of amides is 1. The highest BCUT2D eigenvalue weighted by atomic mass is 35.5. The fraction of sp³-hybridized carbons (Fsp3) is 0.316. The van der Waals surface area contributed by atoms with Crippen LogP contribution in [0.5, 0.6) is 0 Å². The Hall–Kier alpha value is -1.89. The van der Waals surface area contributed by atoms with Crippen molar-refractivity contribution in [2.75, 3.05) is 0 Å². The lowest BCUT2D eigenvalue weighted by Crippen LogP contribution is -2.32. The van der Waals surface area contributed by atoms with Crippen molar-refractivity contribution in [1.82, 2.24) is 10.0 Å². The number of benzene rings is 2. The third-order valence-electron chi connectivity index (χ3n) is 4.48. The predicted molar refractivity (Wildman–Crippen MR) is 102 cm³/mol. The van der Waals surface area contributed by atoms with Gasteiger partial charge in [0, 0.05) is 23.2 Å². The van der Waals surface area contributed by atoms with Gasteiger partial charge in [0.25, 0.3) is 5.91 Å². The molecule has 1 saturated carbocycles. The second-order valence-electron chi connectivity index (χ2n) is 6.40. The van der Waals surface area contributed by atoms with Crippen LogP contribution < -0.4 is 10.0 Å². The highest BCUT2D eigenvalue weighted by molar-refractivity contribution is 7.89. The van der Waals surface area contributed by atoms with Crippen LogP contribution in [0.25, 0.3) is 0 Å². The molecule has 2 N–H and O–H groups in total. The molecule has 0 saturated heterocycles. The fourth-order valence-corrected chi connectivity index (χ4v) is 4.61. The Morgan fingerprint density at radius 3 is 2.54 bits per heavy atom. The van der Waals surface area contributed by atoms with Crippen LogP contribution in [0.2, 0.25) is 5.02 Å². The largest absolute Gasteiger partial charge is 0.348 e. The topological polar surface area (TPSA) is 75.3 Å². The van der Waals surface area contributed by atoms with Gasteiger partial charge in [0.2, 0.25) is 10.0 Å². The van der Waals surface area contributed by atoms with Crippen molar-refractivity contribution in [3.63, 3.8) is 0 Å². The molecule has 1 aliphatic carbocycles. The van der Waals surface area contributed by atoms with Crippen molar-refractivity contribution >= 4 is 27.5 Å². The van der Waals surface area contributed by atoms with E-state index in [0.717, 1.165) is 31.2 Å². The van der Waals surface area contributed by atoms with Crippen LogP contribution in [-0.4, -0.2) is 20.4 Å². The minimum absolute atomic E-state index is 0.0160. The summed E-state index contributed by atoms with van der Waals surface area (Å²) < 4.78 is 27.8. The Balaban J connectivity index is 1.70. The molecule has 0 unspecified atom stereocenters. The summed E-state index contributed by atoms with van der Waals surface area (Å²) in [6.07, 6.45) is 3.80. The third kappa shape index (κ3) is 4.63. The van der Waals surface area contributed by atoms with Gasteiger partial charge >= 0.3 is 0 Å². The number of hydrogen-bond donors (Lipinski definition) is 2. The van der Waals surface area contributed by atoms with Crippen molar-refractivity contribution in [3.05, 3.63) is 64.7 Å². The van der Waals surface area contributed by atoms with Gasteiger partial charge in [-0.1, -0.05) is 48.7 Å². The van der Waals surface area contributed by atoms with E-state index in [1.54, 1.807) is 18.2 Å². The summed E-state index contributed by atoms with van der Waals surface area (Å²) in [6, 6.07) is 13.3. The van der Waals surface area contributed by atoms with E-state index in [1.807, 2.05) is 18.2 Å². The summed E-state index contributed by atoms with van der Waals surface area (Å²) in [5.41, 5.74) is 1.10. The molecule has 3 rings (SSSR count). The van der Waals surface area contributed by atoms with Crippen LogP contribution in [0.1, 0.15) is 41.6 Å². The molecule has 0 heterocycles. The van der Waals surface area contributed by atoms with Gasteiger partial charge in [0.05, 0.1) is 4.90 Å². The molecule has 2 aromatic rings. The molecule has 138 valence electrons. The molecule has 0 radical (unpaired) electrons. The SMILES string of the molecule is O=C(NCc1ccccc1Cl)c1cccc(S(=O)(=O)NC2CCCC2)c1. The van der Waals surface area contributed by atoms with Gasteiger partial charge < -0.3 is 5.32 Å². The Morgan fingerprint density at radius 1 is 1.08 bits per heavy atom. The summed E-state index contributed by atoms with van der Waals surface area (Å²) in [7, 11) is -3.62. The van der Waals surface area contributed by atoms with Crippen molar-refractivity contribution in [1.29, 1.82) is 0 Å². The van der Waals surface area contributed by atoms with Crippen LogP contribution in [0, 0.1) is 0 Å². The molecular weight excluding hydrogens is 372 g/mol. The number of sulfonamides is 1. The molecule has 1 aliphatic rings. The molecule has 0 bridgehead atoms. The normalized spacial score (nSPS) is 15.1. The molecule has 26 heavy (non-hydrogen) atoms. The van der Waals surface area contributed by atoms with Gasteiger partial charge in [-0.15, -0.1) is 0 Å². The number of carbonyl (C=O) groups is 1. The first-order chi connectivity index (χ1) is 12.5. The predicted octanol–water partition coefficient (Wildman–Crippen LogP) is 3.49. The van der Waals surface area contributed by atoms with E-state index in [0.29, 0.717) is 10.6 Å². The van der Waals surface area contributed by atoms with Crippen LogP contribution >= 0.6 is 11.6 Å². The summed E-state index contributed by atoms with van der Waals surface area (Å²) in [6.45, 7) is 0.274. The van der Waals surface area contributed by atoms with Gasteiger partial charge in [-0.25, -0.2) is 13.1 Å². The average Bonchev–Trinajstić information content (AvgIpc) is 3.13. The second-order valence-corrected chi connectivity index (χ2v) is 8.53. The van der Waals surface area contributed by atoms with E-state index in [-0.39, 0.29) is 23.4 Å². The average molecular weight is 393 g/mol. The number of hydrogen-bond acceptors (Lipinski definition) is 3. The van der Waals surface area contributed by atoms with Gasteiger partial charge in [-0.2, -0.15) is 0 Å². The van der Waals surface area contributed by atoms with E-state index in [9.17, 15) is 13.2 Å². The van der Waals surface area contributed by atoms with Gasteiger partial charge in [0.1, 0.15) is 0 Å². The number of rotatable bonds is 6. The Morgan fingerprint density at radius 2 is 1.81 bits per heavy atom. The van der Waals surface area contributed by atoms with Gasteiger partial charge in [-0.3, -0.25) is 4.79 Å². The summed E-state index contributed by atoms with van der Waals surface area (Å²) >= 11 is 6.08. The van der Waals surface area contributed by atoms with E-state index in [4.69, 9.17) is 11.6 Å². The Bertz CT molecular complexity index is 893. The first-order valence-corrected chi connectivity index (χ1v) is 10.5. The smallest absolute Gasteiger partial charge is 0.251 e. The lowest BCUT2D eigenvalue weighted by Gasteiger charge is -2.13. The maximum atomic E-state index is 12.5. The minimum atomic E-state index is -3.62. The molecule has 5 nitrogen and oxygen atoms in total. The number of nitrogens with one attached hydrogen (secondary N) is 2. The highest BCUT2D eigenvalue weighted by Crippen LogP contribution is 2.21. The molecule has 7 heteroatoms. The molecule has 1 fully saturated rings. The molecule has 0 aromatic heterocycles. The third-order valence-corrected chi connectivity index (χ3v) is 6.37. The first-order valence-electron chi connectivity index (χ1n) is 8.60. The summed E-state index contributed by atoms with van der Waals surface area (Å²) in [5.74, 6) is -0.345. The Labute approximate surface area is 158 Å². The first kappa shape index (κ1) is 18.9. The van der Waals surface area contributed by atoms with Crippen molar-refractivity contribution in [2.24, 2.45) is 0 Å². The monoisotopic (exact) mass is 392 g/mol. The molecule has 2 aromatic carbocycles. The molecule has 0 aliphatic heterocycles.